The number of hydrogen-bond donors (Lipinski definition) is 2. The minimum absolute atomic E-state index is 0.0368. The summed E-state index contributed by atoms with van der Waals surface area (Å²) in [5.41, 5.74) is 12.1. The Morgan fingerprint density at radius 3 is 2.41 bits per heavy atom. The summed E-state index contributed by atoms with van der Waals surface area (Å²) in [4.78, 5) is 38.7. The van der Waals surface area contributed by atoms with Crippen LogP contribution in [0.15, 0.2) is 59.2 Å². The third kappa shape index (κ3) is 3.97. The number of furan rings is 1. The highest BCUT2D eigenvalue weighted by molar-refractivity contribution is 7.17. The van der Waals surface area contributed by atoms with Crippen LogP contribution in [0.25, 0.3) is 0 Å². The number of hydrogen-bond acceptors (Lipinski definition) is 6. The SMILES string of the molecule is NCC(=O)N(C(=O)c1ccco1)c1sc(Cc2ccccc2)cc1C(N)=O. The highest BCUT2D eigenvalue weighted by atomic mass is 32.1. The van der Waals surface area contributed by atoms with E-state index in [-0.39, 0.29) is 16.3 Å². The zero-order chi connectivity index (χ0) is 19.4. The number of benzene rings is 1. The molecule has 2 heterocycles. The Balaban J connectivity index is 2.04. The predicted molar refractivity (Wildman–Crippen MR) is 102 cm³/mol. The molecule has 0 bridgehead atoms. The van der Waals surface area contributed by atoms with Gasteiger partial charge in [0.25, 0.3) is 5.91 Å². The molecule has 27 heavy (non-hydrogen) atoms. The molecule has 3 rings (SSSR count). The van der Waals surface area contributed by atoms with E-state index >= 15 is 0 Å². The van der Waals surface area contributed by atoms with E-state index in [1.54, 1.807) is 6.07 Å². The molecule has 3 aromatic rings. The molecule has 0 spiro atoms. The molecule has 1 aromatic carbocycles. The van der Waals surface area contributed by atoms with Gasteiger partial charge in [0.15, 0.2) is 5.76 Å². The fraction of sp³-hybridized carbons (Fsp3) is 0.105. The molecule has 138 valence electrons. The molecule has 3 amide bonds. The molecule has 7 nitrogen and oxygen atoms in total. The molecule has 0 unspecified atom stereocenters. The number of imide groups is 1. The van der Waals surface area contributed by atoms with Gasteiger partial charge in [0.1, 0.15) is 5.00 Å². The summed E-state index contributed by atoms with van der Waals surface area (Å²) < 4.78 is 5.10. The Labute approximate surface area is 159 Å². The van der Waals surface area contributed by atoms with Crippen molar-refractivity contribution in [2.45, 2.75) is 6.42 Å². The summed E-state index contributed by atoms with van der Waals surface area (Å²) in [5.74, 6) is -2.13. The second-order valence-corrected chi connectivity index (χ2v) is 6.79. The summed E-state index contributed by atoms with van der Waals surface area (Å²) in [6, 6.07) is 14.2. The summed E-state index contributed by atoms with van der Waals surface area (Å²) in [5, 5.41) is 0.144. The Kier molecular flexibility index (Phi) is 5.49. The molecule has 8 heteroatoms. The highest BCUT2D eigenvalue weighted by Crippen LogP contribution is 2.34. The van der Waals surface area contributed by atoms with Gasteiger partial charge in [-0.3, -0.25) is 14.4 Å². The van der Waals surface area contributed by atoms with Crippen molar-refractivity contribution in [3.63, 3.8) is 0 Å². The quantitative estimate of drug-likeness (QED) is 0.676. The maximum atomic E-state index is 12.8. The first-order chi connectivity index (χ1) is 13.0. The average molecular weight is 383 g/mol. The van der Waals surface area contributed by atoms with Gasteiger partial charge < -0.3 is 15.9 Å². The monoisotopic (exact) mass is 383 g/mol. The summed E-state index contributed by atoms with van der Waals surface area (Å²) in [7, 11) is 0. The van der Waals surface area contributed by atoms with Crippen LogP contribution in [0, 0.1) is 0 Å². The second-order valence-electron chi connectivity index (χ2n) is 5.67. The van der Waals surface area contributed by atoms with Gasteiger partial charge in [-0.05, 0) is 23.8 Å². The first kappa shape index (κ1) is 18.6. The van der Waals surface area contributed by atoms with Gasteiger partial charge in [0.2, 0.25) is 5.91 Å². The van der Waals surface area contributed by atoms with Crippen LogP contribution in [-0.2, 0) is 11.2 Å². The van der Waals surface area contributed by atoms with E-state index in [0.717, 1.165) is 26.7 Å². The number of anilines is 1. The number of carbonyl (C=O) groups excluding carboxylic acids is 3. The van der Waals surface area contributed by atoms with Crippen molar-refractivity contribution < 1.29 is 18.8 Å². The van der Waals surface area contributed by atoms with Crippen molar-refractivity contribution in [2.24, 2.45) is 11.5 Å². The van der Waals surface area contributed by atoms with Gasteiger partial charge in [-0.1, -0.05) is 30.3 Å². The molecule has 0 saturated carbocycles. The van der Waals surface area contributed by atoms with E-state index < -0.39 is 24.3 Å². The van der Waals surface area contributed by atoms with Crippen molar-refractivity contribution in [2.75, 3.05) is 11.4 Å². The topological polar surface area (TPSA) is 120 Å². The van der Waals surface area contributed by atoms with Crippen LogP contribution in [0.5, 0.6) is 0 Å². The minimum Gasteiger partial charge on any atom is -0.459 e. The number of thiophene rings is 1. The summed E-state index contributed by atoms with van der Waals surface area (Å²) >= 11 is 1.15. The Hall–Kier alpha value is -3.23. The van der Waals surface area contributed by atoms with Crippen LogP contribution in [0.4, 0.5) is 5.00 Å². The second kappa shape index (κ2) is 7.98. The molecule has 0 atom stereocenters. The molecule has 2 aromatic heterocycles. The van der Waals surface area contributed by atoms with Crippen molar-refractivity contribution in [1.82, 2.24) is 0 Å². The molecule has 0 aliphatic heterocycles. The number of amides is 3. The van der Waals surface area contributed by atoms with E-state index in [1.165, 1.54) is 18.4 Å². The third-order valence-corrected chi connectivity index (χ3v) is 4.93. The van der Waals surface area contributed by atoms with E-state index in [0.29, 0.717) is 6.42 Å². The van der Waals surface area contributed by atoms with Crippen LogP contribution < -0.4 is 16.4 Å². The number of nitrogens with two attached hydrogens (primary N) is 2. The number of rotatable bonds is 6. The van der Waals surface area contributed by atoms with Crippen molar-refractivity contribution in [3.8, 4) is 0 Å². The smallest absolute Gasteiger partial charge is 0.301 e. The van der Waals surface area contributed by atoms with Crippen molar-refractivity contribution in [1.29, 1.82) is 0 Å². The van der Waals surface area contributed by atoms with Crippen molar-refractivity contribution in [3.05, 3.63) is 76.6 Å². The maximum absolute atomic E-state index is 12.8. The molecule has 0 saturated heterocycles. The fourth-order valence-corrected chi connectivity index (χ4v) is 3.79. The molecular formula is C19H17N3O4S. The van der Waals surface area contributed by atoms with Crippen molar-refractivity contribution >= 4 is 34.1 Å². The largest absolute Gasteiger partial charge is 0.459 e. The van der Waals surface area contributed by atoms with Crippen LogP contribution in [0.2, 0.25) is 0 Å². The number of primary amides is 1. The summed E-state index contributed by atoms with van der Waals surface area (Å²) in [6.45, 7) is -0.406. The number of carbonyl (C=O) groups is 3. The van der Waals surface area contributed by atoms with E-state index in [1.807, 2.05) is 30.3 Å². The minimum atomic E-state index is -0.734. The normalized spacial score (nSPS) is 10.6. The van der Waals surface area contributed by atoms with Gasteiger partial charge in [0, 0.05) is 11.3 Å². The third-order valence-electron chi connectivity index (χ3n) is 3.81. The Morgan fingerprint density at radius 1 is 1.07 bits per heavy atom. The zero-order valence-corrected chi connectivity index (χ0v) is 15.1. The average Bonchev–Trinajstić information content (AvgIpc) is 3.33. The molecule has 0 aliphatic carbocycles. The summed E-state index contributed by atoms with van der Waals surface area (Å²) in [6.07, 6.45) is 1.86. The van der Waals surface area contributed by atoms with E-state index in [2.05, 4.69) is 0 Å². The predicted octanol–water partition coefficient (Wildman–Crippen LogP) is 2.16. The lowest BCUT2D eigenvalue weighted by Crippen LogP contribution is -2.41. The van der Waals surface area contributed by atoms with Crippen LogP contribution in [-0.4, -0.2) is 24.3 Å². The molecule has 0 aliphatic rings. The molecule has 0 radical (unpaired) electrons. The first-order valence-corrected chi connectivity index (χ1v) is 8.90. The van der Waals surface area contributed by atoms with Crippen LogP contribution >= 0.6 is 11.3 Å². The molecule has 4 N–H and O–H groups in total. The lowest BCUT2D eigenvalue weighted by atomic mass is 10.1. The zero-order valence-electron chi connectivity index (χ0n) is 14.3. The fourth-order valence-electron chi connectivity index (χ4n) is 2.58. The highest BCUT2D eigenvalue weighted by Gasteiger charge is 2.31. The molecular weight excluding hydrogens is 366 g/mol. The van der Waals surface area contributed by atoms with Crippen LogP contribution in [0.3, 0.4) is 0 Å². The lowest BCUT2D eigenvalue weighted by molar-refractivity contribution is -0.116. The number of nitrogens with zero attached hydrogens (tertiary/aromatic N) is 1. The first-order valence-electron chi connectivity index (χ1n) is 8.08. The van der Waals surface area contributed by atoms with Gasteiger partial charge in [0.05, 0.1) is 18.4 Å². The Morgan fingerprint density at radius 2 is 1.81 bits per heavy atom. The Bertz CT molecular complexity index is 964. The van der Waals surface area contributed by atoms with Gasteiger partial charge >= 0.3 is 5.91 Å². The molecule has 0 fully saturated rings. The lowest BCUT2D eigenvalue weighted by Gasteiger charge is -2.18. The maximum Gasteiger partial charge on any atom is 0.301 e. The standard InChI is InChI=1S/C19H17N3O4S/c20-11-16(23)22(18(25)15-7-4-8-26-15)19-14(17(21)24)10-13(27-19)9-12-5-2-1-3-6-12/h1-8,10H,9,11,20H2,(H2,21,24). The van der Waals surface area contributed by atoms with Gasteiger partial charge in [-0.25, -0.2) is 4.90 Å². The van der Waals surface area contributed by atoms with Gasteiger partial charge in [-0.15, -0.1) is 11.3 Å². The van der Waals surface area contributed by atoms with E-state index in [9.17, 15) is 14.4 Å². The van der Waals surface area contributed by atoms with Crippen LogP contribution in [0.1, 0.15) is 31.4 Å². The van der Waals surface area contributed by atoms with Gasteiger partial charge in [-0.2, -0.15) is 0 Å². The van der Waals surface area contributed by atoms with E-state index in [4.69, 9.17) is 15.9 Å².